The summed E-state index contributed by atoms with van der Waals surface area (Å²) in [5.41, 5.74) is 5.09. The first-order chi connectivity index (χ1) is 20.6. The highest BCUT2D eigenvalue weighted by molar-refractivity contribution is 6.06. The Kier molecular flexibility index (Phi) is 8.89. The lowest BCUT2D eigenvalue weighted by atomic mass is 9.75. The third-order valence-electron chi connectivity index (χ3n) is 11.0. The number of aromatic amines is 1. The summed E-state index contributed by atoms with van der Waals surface area (Å²) < 4.78 is 0. The summed E-state index contributed by atoms with van der Waals surface area (Å²) in [6, 6.07) is -0.0601. The van der Waals surface area contributed by atoms with Crippen LogP contribution in [0.3, 0.4) is 0 Å². The predicted octanol–water partition coefficient (Wildman–Crippen LogP) is 5.26. The number of likely N-dealkylation sites (N-methyl/N-ethyl adjacent to an activating group) is 1. The van der Waals surface area contributed by atoms with Crippen LogP contribution in [0, 0.1) is 29.6 Å². The van der Waals surface area contributed by atoms with E-state index >= 15 is 0 Å². The molecule has 3 unspecified atom stereocenters. The highest BCUT2D eigenvalue weighted by atomic mass is 16.2. The lowest BCUT2D eigenvalue weighted by molar-refractivity contribution is -0.133. The Hall–Kier alpha value is -2.45. The van der Waals surface area contributed by atoms with E-state index in [1.807, 2.05) is 18.9 Å². The van der Waals surface area contributed by atoms with E-state index in [0.29, 0.717) is 42.1 Å². The van der Waals surface area contributed by atoms with E-state index in [1.54, 1.807) is 4.90 Å². The number of nitrogens with zero attached hydrogens (tertiary/aromatic N) is 3. The number of aromatic nitrogens is 1. The average Bonchev–Trinajstić information content (AvgIpc) is 3.60. The van der Waals surface area contributed by atoms with Crippen molar-refractivity contribution < 1.29 is 9.59 Å². The zero-order valence-corrected chi connectivity index (χ0v) is 27.1. The van der Waals surface area contributed by atoms with Crippen LogP contribution in [0.1, 0.15) is 112 Å². The minimum atomic E-state index is -0.476. The van der Waals surface area contributed by atoms with Crippen LogP contribution >= 0.6 is 0 Å². The topological polar surface area (TPSA) is 95.5 Å². The molecule has 6 rings (SSSR count). The number of rotatable bonds is 10. The van der Waals surface area contributed by atoms with Crippen molar-refractivity contribution in [2.75, 3.05) is 39.8 Å². The molecule has 3 fully saturated rings. The van der Waals surface area contributed by atoms with Crippen molar-refractivity contribution in [1.29, 1.82) is 5.41 Å². The summed E-state index contributed by atoms with van der Waals surface area (Å²) in [4.78, 5) is 38.2. The number of carbonyl (C=O) groups is 2. The minimum Gasteiger partial charge on any atom is -0.354 e. The summed E-state index contributed by atoms with van der Waals surface area (Å²) >= 11 is 0. The maximum Gasteiger partial charge on any atom is 0.270 e. The second-order valence-electron chi connectivity index (χ2n) is 15.0. The lowest BCUT2D eigenvalue weighted by Gasteiger charge is -2.35. The molecule has 3 heterocycles. The van der Waals surface area contributed by atoms with Crippen molar-refractivity contribution in [3.05, 3.63) is 34.3 Å². The number of H-pyrrole nitrogens is 1. The van der Waals surface area contributed by atoms with E-state index in [2.05, 4.69) is 35.1 Å². The first-order valence-electron chi connectivity index (χ1n) is 17.2. The van der Waals surface area contributed by atoms with Gasteiger partial charge in [0.15, 0.2) is 0 Å². The molecule has 0 bridgehead atoms. The van der Waals surface area contributed by atoms with Gasteiger partial charge in [0, 0.05) is 61.3 Å². The third kappa shape index (κ3) is 6.51. The number of carbonyl (C=O) groups excluding carboxylic acids is 2. The van der Waals surface area contributed by atoms with Gasteiger partial charge in [0.05, 0.1) is 0 Å². The molecule has 8 heteroatoms. The van der Waals surface area contributed by atoms with Crippen LogP contribution in [0.25, 0.3) is 0 Å². The zero-order chi connectivity index (χ0) is 30.3. The minimum absolute atomic E-state index is 0.00333. The molecule has 2 aliphatic heterocycles. The van der Waals surface area contributed by atoms with Gasteiger partial charge in [0.2, 0.25) is 5.91 Å². The quantitative estimate of drug-likeness (QED) is 0.346. The lowest BCUT2D eigenvalue weighted by Crippen LogP contribution is -2.49. The normalized spacial score (nSPS) is 26.1. The van der Waals surface area contributed by atoms with Crippen molar-refractivity contribution >= 4 is 17.5 Å². The largest absolute Gasteiger partial charge is 0.354 e. The maximum atomic E-state index is 14.4. The molecule has 0 radical (unpaired) electrons. The Morgan fingerprint density at radius 3 is 2.63 bits per heavy atom. The number of hydrogen-bond donors (Lipinski definition) is 3. The molecule has 236 valence electrons. The molecule has 0 aromatic carbocycles. The number of hydrogen-bond acceptors (Lipinski definition) is 5. The van der Waals surface area contributed by atoms with E-state index in [1.165, 1.54) is 50.9 Å². The van der Waals surface area contributed by atoms with E-state index in [9.17, 15) is 9.59 Å². The maximum absolute atomic E-state index is 14.4. The molecular formula is C35H54N6O2. The molecule has 2 saturated heterocycles. The fourth-order valence-electron chi connectivity index (χ4n) is 8.40. The van der Waals surface area contributed by atoms with E-state index < -0.39 is 6.04 Å². The number of piperidine rings is 1. The van der Waals surface area contributed by atoms with Crippen LogP contribution in [0.15, 0.2) is 11.8 Å². The summed E-state index contributed by atoms with van der Waals surface area (Å²) in [5, 5.41) is 12.6. The first-order valence-corrected chi connectivity index (χ1v) is 17.2. The highest BCUT2D eigenvalue weighted by Gasteiger charge is 2.43. The third-order valence-corrected chi connectivity index (χ3v) is 11.0. The van der Waals surface area contributed by atoms with Gasteiger partial charge < -0.3 is 30.4 Å². The van der Waals surface area contributed by atoms with Crippen molar-refractivity contribution in [1.82, 2.24) is 25.0 Å². The van der Waals surface area contributed by atoms with E-state index in [-0.39, 0.29) is 17.2 Å². The van der Waals surface area contributed by atoms with Crippen LogP contribution in [0.5, 0.6) is 0 Å². The van der Waals surface area contributed by atoms with E-state index in [0.717, 1.165) is 68.6 Å². The Labute approximate surface area is 258 Å². The Morgan fingerprint density at radius 2 is 1.88 bits per heavy atom. The zero-order valence-electron chi connectivity index (χ0n) is 27.1. The van der Waals surface area contributed by atoms with Gasteiger partial charge in [-0.2, -0.15) is 0 Å². The average molecular weight is 591 g/mol. The summed E-state index contributed by atoms with van der Waals surface area (Å²) in [5.74, 6) is 1.02. The van der Waals surface area contributed by atoms with Gasteiger partial charge in [-0.05, 0) is 94.7 Å². The molecule has 2 amide bonds. The van der Waals surface area contributed by atoms with Gasteiger partial charge in [-0.25, -0.2) is 0 Å². The van der Waals surface area contributed by atoms with Gasteiger partial charge in [-0.3, -0.25) is 9.59 Å². The molecule has 8 nitrogen and oxygen atoms in total. The summed E-state index contributed by atoms with van der Waals surface area (Å²) in [6.45, 7) is 11.6. The molecule has 1 aromatic rings. The second-order valence-corrected chi connectivity index (χ2v) is 15.0. The van der Waals surface area contributed by atoms with Gasteiger partial charge in [-0.1, -0.05) is 39.2 Å². The number of amides is 2. The van der Waals surface area contributed by atoms with Gasteiger partial charge >= 0.3 is 0 Å². The van der Waals surface area contributed by atoms with Gasteiger partial charge in [0.25, 0.3) is 5.91 Å². The Balaban J connectivity index is 1.15. The van der Waals surface area contributed by atoms with Crippen molar-refractivity contribution in [2.45, 2.75) is 110 Å². The molecule has 3 atom stereocenters. The molecule has 5 aliphatic rings. The number of fused-ring (bicyclic) bond motifs is 2. The van der Waals surface area contributed by atoms with Crippen molar-refractivity contribution in [3.63, 3.8) is 0 Å². The summed E-state index contributed by atoms with van der Waals surface area (Å²) in [7, 11) is 1.82. The fraction of sp³-hybridized carbons (Fsp3) is 0.743. The molecular weight excluding hydrogens is 536 g/mol. The molecule has 1 aromatic heterocycles. The Bertz CT molecular complexity index is 1250. The fourth-order valence-corrected chi connectivity index (χ4v) is 8.40. The number of nitrogens with one attached hydrogen (secondary N) is 3. The van der Waals surface area contributed by atoms with Crippen molar-refractivity contribution in [2.24, 2.45) is 17.3 Å². The number of likely N-dealkylation sites (tertiary alicyclic amines) is 2. The summed E-state index contributed by atoms with van der Waals surface area (Å²) in [6.07, 6.45) is 15.1. The highest BCUT2D eigenvalue weighted by Crippen LogP contribution is 2.40. The standard InChI is InChI=1S/C35H54N6O2/c1-23-31-26(36)21-35(2,3)22-28(31)38-32(23)34(43)39(4)30(14-13-24-11-12-24)33(42)41-19-15-25-27(9-8-10-29(25)41)37-16-20-40-17-6-5-7-18-40/h10,24-25,27,30,36-38H,5-9,11-22H2,1-4H3. The monoisotopic (exact) mass is 590 g/mol. The first kappa shape index (κ1) is 30.6. The molecule has 43 heavy (non-hydrogen) atoms. The molecule has 0 spiro atoms. The van der Waals surface area contributed by atoms with Crippen molar-refractivity contribution in [3.8, 4) is 0 Å². The van der Waals surface area contributed by atoms with Crippen LogP contribution in [0.4, 0.5) is 0 Å². The van der Waals surface area contributed by atoms with Crippen LogP contribution < -0.4 is 5.32 Å². The molecule has 1 saturated carbocycles. The smallest absolute Gasteiger partial charge is 0.270 e. The number of allylic oxidation sites excluding steroid dienone is 1. The SMILES string of the molecule is Cc1c(C(=O)N(C)C(CCC2CC2)C(=O)N2CCC3C2=CCCC3NCCN2CCCCC2)[nH]c2c1C(=N)CC(C)(C)C2. The second kappa shape index (κ2) is 12.5. The van der Waals surface area contributed by atoms with Crippen LogP contribution in [-0.2, 0) is 11.2 Å². The Morgan fingerprint density at radius 1 is 1.12 bits per heavy atom. The van der Waals surface area contributed by atoms with Crippen LogP contribution in [-0.4, -0.2) is 89.1 Å². The van der Waals surface area contributed by atoms with Crippen LogP contribution in [0.2, 0.25) is 0 Å². The molecule has 3 aliphatic carbocycles. The van der Waals surface area contributed by atoms with Gasteiger partial charge in [0.1, 0.15) is 11.7 Å². The predicted molar refractivity (Wildman–Crippen MR) is 172 cm³/mol. The molecule has 3 N–H and O–H groups in total. The van der Waals surface area contributed by atoms with Gasteiger partial charge in [-0.15, -0.1) is 0 Å². The van der Waals surface area contributed by atoms with E-state index in [4.69, 9.17) is 5.41 Å².